The molecule has 1 amide bonds. The zero-order valence-corrected chi connectivity index (χ0v) is 4.73. The predicted octanol–water partition coefficient (Wildman–Crippen LogP) is 0.298. The first-order valence-corrected chi connectivity index (χ1v) is 2.50. The summed E-state index contributed by atoms with van der Waals surface area (Å²) in [6.45, 7) is 2.05. The highest BCUT2D eigenvalue weighted by atomic mass is 19.3. The number of hydrogen-bond donors (Lipinski definition) is 0. The van der Waals surface area contributed by atoms with E-state index in [-0.39, 0.29) is 0 Å². The van der Waals surface area contributed by atoms with Crippen molar-refractivity contribution in [3.05, 3.63) is 6.92 Å². The number of carbonyl (C=O) groups is 1. The lowest BCUT2D eigenvalue weighted by Gasteiger charge is -2.37. The Hall–Kier alpha value is -0.670. The van der Waals surface area contributed by atoms with Crippen molar-refractivity contribution >= 4 is 5.91 Å². The van der Waals surface area contributed by atoms with E-state index < -0.39 is 24.9 Å². The SMILES string of the molecule is [CH2]C(=O)N1CC(F)(F)C1. The van der Waals surface area contributed by atoms with Crippen LogP contribution in [-0.2, 0) is 4.79 Å². The third-order valence-corrected chi connectivity index (χ3v) is 1.20. The molecule has 1 rings (SSSR count). The van der Waals surface area contributed by atoms with Crippen molar-refractivity contribution in [2.24, 2.45) is 0 Å². The third-order valence-electron chi connectivity index (χ3n) is 1.20. The van der Waals surface area contributed by atoms with Crippen molar-refractivity contribution in [2.75, 3.05) is 13.1 Å². The van der Waals surface area contributed by atoms with Crippen molar-refractivity contribution in [2.45, 2.75) is 5.92 Å². The molecule has 9 heavy (non-hydrogen) atoms. The molecule has 0 saturated carbocycles. The van der Waals surface area contributed by atoms with Gasteiger partial charge in [-0.3, -0.25) is 4.79 Å². The van der Waals surface area contributed by atoms with E-state index >= 15 is 0 Å². The minimum atomic E-state index is -2.66. The fraction of sp³-hybridized carbons (Fsp3) is 0.600. The van der Waals surface area contributed by atoms with Crippen molar-refractivity contribution < 1.29 is 13.6 Å². The van der Waals surface area contributed by atoms with E-state index in [1.807, 2.05) is 0 Å². The fourth-order valence-electron chi connectivity index (χ4n) is 0.689. The number of likely N-dealkylation sites (tertiary alicyclic amines) is 1. The number of alkyl halides is 2. The largest absolute Gasteiger partial charge is 0.330 e. The fourth-order valence-corrected chi connectivity index (χ4v) is 0.689. The van der Waals surface area contributed by atoms with E-state index in [1.54, 1.807) is 0 Å². The molecule has 2 nitrogen and oxygen atoms in total. The van der Waals surface area contributed by atoms with Crippen molar-refractivity contribution in [3.8, 4) is 0 Å². The Morgan fingerprint density at radius 2 is 2.00 bits per heavy atom. The molecule has 1 aliphatic heterocycles. The van der Waals surface area contributed by atoms with E-state index in [4.69, 9.17) is 0 Å². The highest BCUT2D eigenvalue weighted by Crippen LogP contribution is 2.25. The van der Waals surface area contributed by atoms with Gasteiger partial charge in [-0.2, -0.15) is 0 Å². The minimum absolute atomic E-state index is 0.463. The number of halogens is 2. The molecule has 1 saturated heterocycles. The Bertz CT molecular complexity index is 138. The molecule has 0 aromatic rings. The van der Waals surface area contributed by atoms with Crippen molar-refractivity contribution in [1.29, 1.82) is 0 Å². The van der Waals surface area contributed by atoms with Crippen LogP contribution in [0.1, 0.15) is 0 Å². The maximum absolute atomic E-state index is 11.9. The van der Waals surface area contributed by atoms with Crippen LogP contribution in [0.15, 0.2) is 0 Å². The molecule has 0 unspecified atom stereocenters. The van der Waals surface area contributed by atoms with E-state index in [0.29, 0.717) is 0 Å². The molecule has 1 heterocycles. The van der Waals surface area contributed by atoms with Crippen LogP contribution in [0.25, 0.3) is 0 Å². The molecule has 1 fully saturated rings. The number of hydrogen-bond acceptors (Lipinski definition) is 1. The predicted molar refractivity (Wildman–Crippen MR) is 26.9 cm³/mol. The Balaban J connectivity index is 2.35. The Morgan fingerprint density at radius 1 is 1.56 bits per heavy atom. The van der Waals surface area contributed by atoms with Gasteiger partial charge in [-0.15, -0.1) is 0 Å². The van der Waals surface area contributed by atoms with Crippen LogP contribution in [0.5, 0.6) is 0 Å². The molecule has 1 radical (unpaired) electrons. The van der Waals surface area contributed by atoms with Gasteiger partial charge in [0.25, 0.3) is 5.92 Å². The monoisotopic (exact) mass is 134 g/mol. The van der Waals surface area contributed by atoms with Crippen molar-refractivity contribution in [3.63, 3.8) is 0 Å². The normalized spacial score (nSPS) is 23.2. The van der Waals surface area contributed by atoms with Gasteiger partial charge in [0.1, 0.15) is 0 Å². The molecule has 0 aromatic heterocycles. The van der Waals surface area contributed by atoms with E-state index in [9.17, 15) is 13.6 Å². The highest BCUT2D eigenvalue weighted by molar-refractivity contribution is 5.81. The number of nitrogens with zero attached hydrogens (tertiary/aromatic N) is 1. The lowest BCUT2D eigenvalue weighted by atomic mass is 10.1. The lowest BCUT2D eigenvalue weighted by Crippen LogP contribution is -2.57. The summed E-state index contributed by atoms with van der Waals surface area (Å²) in [5.74, 6) is -3.19. The summed E-state index contributed by atoms with van der Waals surface area (Å²) < 4.78 is 23.9. The summed E-state index contributed by atoms with van der Waals surface area (Å²) in [5, 5.41) is 0. The summed E-state index contributed by atoms with van der Waals surface area (Å²) in [5.41, 5.74) is 0. The first-order chi connectivity index (χ1) is 4.01. The van der Waals surface area contributed by atoms with Gasteiger partial charge in [0.2, 0.25) is 5.91 Å². The summed E-state index contributed by atoms with van der Waals surface area (Å²) in [6, 6.07) is 0. The highest BCUT2D eigenvalue weighted by Gasteiger charge is 2.44. The molecule has 0 aromatic carbocycles. The molecule has 0 aliphatic carbocycles. The lowest BCUT2D eigenvalue weighted by molar-refractivity contribution is -0.161. The molecule has 4 heteroatoms. The molecular weight excluding hydrogens is 128 g/mol. The van der Waals surface area contributed by atoms with Crippen LogP contribution in [0.3, 0.4) is 0 Å². The summed E-state index contributed by atoms with van der Waals surface area (Å²) >= 11 is 0. The molecule has 0 spiro atoms. The Kier molecular flexibility index (Phi) is 1.18. The van der Waals surface area contributed by atoms with Crippen LogP contribution in [-0.4, -0.2) is 29.8 Å². The van der Waals surface area contributed by atoms with Crippen LogP contribution in [0, 0.1) is 6.92 Å². The number of rotatable bonds is 0. The van der Waals surface area contributed by atoms with Gasteiger partial charge in [-0.05, 0) is 0 Å². The summed E-state index contributed by atoms with van der Waals surface area (Å²) in [6.07, 6.45) is 0. The number of amides is 1. The van der Waals surface area contributed by atoms with Crippen LogP contribution in [0.2, 0.25) is 0 Å². The third kappa shape index (κ3) is 1.17. The van der Waals surface area contributed by atoms with Gasteiger partial charge < -0.3 is 4.90 Å². The second kappa shape index (κ2) is 1.65. The van der Waals surface area contributed by atoms with E-state index in [1.165, 1.54) is 0 Å². The van der Waals surface area contributed by atoms with Crippen LogP contribution in [0.4, 0.5) is 8.78 Å². The average Bonchev–Trinajstić information content (AvgIpc) is 1.59. The first kappa shape index (κ1) is 6.45. The van der Waals surface area contributed by atoms with E-state index in [2.05, 4.69) is 6.92 Å². The second-order valence-corrected chi connectivity index (χ2v) is 2.11. The molecular formula is C5H6F2NO. The van der Waals surface area contributed by atoms with Gasteiger partial charge in [0.15, 0.2) is 0 Å². The maximum atomic E-state index is 11.9. The molecule has 1 aliphatic rings. The maximum Gasteiger partial charge on any atom is 0.282 e. The topological polar surface area (TPSA) is 20.3 Å². The average molecular weight is 134 g/mol. The van der Waals surface area contributed by atoms with Crippen LogP contribution >= 0.6 is 0 Å². The van der Waals surface area contributed by atoms with Crippen molar-refractivity contribution in [1.82, 2.24) is 4.90 Å². The molecule has 0 N–H and O–H groups in total. The second-order valence-electron chi connectivity index (χ2n) is 2.11. The Morgan fingerprint density at radius 3 is 2.11 bits per heavy atom. The van der Waals surface area contributed by atoms with Gasteiger partial charge in [-0.25, -0.2) is 8.78 Å². The zero-order chi connectivity index (χ0) is 7.07. The van der Waals surface area contributed by atoms with Gasteiger partial charge in [0.05, 0.1) is 13.1 Å². The molecule has 51 valence electrons. The van der Waals surface area contributed by atoms with E-state index in [0.717, 1.165) is 4.90 Å². The summed E-state index contributed by atoms with van der Waals surface area (Å²) in [7, 11) is 0. The standard InChI is InChI=1S/C5H6F2NO/c1-4(9)8-2-5(6,7)3-8/h1-3H2. The summed E-state index contributed by atoms with van der Waals surface area (Å²) in [4.78, 5) is 11.2. The van der Waals surface area contributed by atoms with Gasteiger partial charge in [-0.1, -0.05) is 0 Å². The smallest absolute Gasteiger partial charge is 0.282 e. The molecule has 0 bridgehead atoms. The molecule has 0 atom stereocenters. The number of carbonyl (C=O) groups excluding carboxylic acids is 1. The first-order valence-electron chi connectivity index (χ1n) is 2.50. The minimum Gasteiger partial charge on any atom is -0.330 e. The van der Waals surface area contributed by atoms with Gasteiger partial charge >= 0.3 is 0 Å². The quantitative estimate of drug-likeness (QED) is 0.466. The zero-order valence-electron chi connectivity index (χ0n) is 4.73. The van der Waals surface area contributed by atoms with Gasteiger partial charge in [0, 0.05) is 6.92 Å². The van der Waals surface area contributed by atoms with Crippen LogP contribution < -0.4 is 0 Å². The Labute approximate surface area is 51.4 Å².